The van der Waals surface area contributed by atoms with Gasteiger partial charge in [0, 0.05) is 39.1 Å². The number of sulfonamides is 1. The zero-order valence-electron chi connectivity index (χ0n) is 34.9. The second-order valence-electron chi connectivity index (χ2n) is 16.5. The SMILES string of the molecule is COC(=O)c1ccc(CCNC(=O)[C@H](CC(F)F)NC(=O)[C@@H]2C(C(C)C)CCN2C(=O)[C@@H](NC(=O)N[C@H](CN(C)S(=O)(=O)c2ccccc2)C(C)C)C(C)(C)C)cc1. The summed E-state index contributed by atoms with van der Waals surface area (Å²) in [4.78, 5) is 68.5. The van der Waals surface area contributed by atoms with Crippen molar-refractivity contribution in [1.82, 2.24) is 30.5 Å². The Bertz CT molecular complexity index is 1820. The van der Waals surface area contributed by atoms with E-state index in [1.807, 2.05) is 27.7 Å². The first-order valence-corrected chi connectivity index (χ1v) is 20.9. The number of ether oxygens (including phenoxy) is 1. The molecule has 58 heavy (non-hydrogen) atoms. The molecule has 17 heteroatoms. The van der Waals surface area contributed by atoms with E-state index >= 15 is 0 Å². The maximum atomic E-state index is 14.4. The second-order valence-corrected chi connectivity index (χ2v) is 18.5. The van der Waals surface area contributed by atoms with Gasteiger partial charge in [0.05, 0.1) is 17.6 Å². The van der Waals surface area contributed by atoms with Gasteiger partial charge >= 0.3 is 12.0 Å². The molecule has 322 valence electrons. The summed E-state index contributed by atoms with van der Waals surface area (Å²) in [6.07, 6.45) is -3.14. The molecule has 0 radical (unpaired) electrons. The second kappa shape index (κ2) is 20.9. The number of rotatable bonds is 18. The molecular formula is C41H60F2N6O8S. The fourth-order valence-electron chi connectivity index (χ4n) is 6.87. The highest BCUT2D eigenvalue weighted by atomic mass is 32.2. The van der Waals surface area contributed by atoms with Crippen LogP contribution in [0, 0.1) is 23.2 Å². The fourth-order valence-corrected chi connectivity index (χ4v) is 8.09. The number of hydrogen-bond donors (Lipinski definition) is 4. The molecule has 1 heterocycles. The third-order valence-corrected chi connectivity index (χ3v) is 12.2. The molecule has 14 nitrogen and oxygen atoms in total. The molecule has 4 N–H and O–H groups in total. The number of urea groups is 1. The molecule has 0 aliphatic carbocycles. The number of carbonyl (C=O) groups is 5. The van der Waals surface area contributed by atoms with Crippen LogP contribution in [0.5, 0.6) is 0 Å². The van der Waals surface area contributed by atoms with Gasteiger partial charge in [0.25, 0.3) is 0 Å². The van der Waals surface area contributed by atoms with Crippen LogP contribution >= 0.6 is 0 Å². The molecule has 0 bridgehead atoms. The summed E-state index contributed by atoms with van der Waals surface area (Å²) in [5.41, 5.74) is 0.240. The molecule has 1 fully saturated rings. The predicted octanol–water partition coefficient (Wildman–Crippen LogP) is 4.20. The van der Waals surface area contributed by atoms with Crippen LogP contribution in [0.2, 0.25) is 0 Å². The summed E-state index contributed by atoms with van der Waals surface area (Å²) in [6, 6.07) is 9.16. The van der Waals surface area contributed by atoms with E-state index in [0.717, 1.165) is 9.87 Å². The van der Waals surface area contributed by atoms with Crippen LogP contribution in [-0.2, 0) is 35.6 Å². The minimum Gasteiger partial charge on any atom is -0.465 e. The summed E-state index contributed by atoms with van der Waals surface area (Å²) < 4.78 is 59.9. The smallest absolute Gasteiger partial charge is 0.337 e. The van der Waals surface area contributed by atoms with Crippen LogP contribution in [0.4, 0.5) is 13.6 Å². The molecule has 1 aliphatic heterocycles. The maximum absolute atomic E-state index is 14.4. The molecule has 0 aromatic heterocycles. The van der Waals surface area contributed by atoms with Crippen molar-refractivity contribution in [1.29, 1.82) is 0 Å². The van der Waals surface area contributed by atoms with Gasteiger partial charge in [0.15, 0.2) is 0 Å². The maximum Gasteiger partial charge on any atom is 0.337 e. The van der Waals surface area contributed by atoms with Gasteiger partial charge in [0.1, 0.15) is 18.1 Å². The summed E-state index contributed by atoms with van der Waals surface area (Å²) >= 11 is 0. The molecule has 2 aromatic carbocycles. The first-order valence-electron chi connectivity index (χ1n) is 19.5. The minimum atomic E-state index is -3.86. The van der Waals surface area contributed by atoms with Crippen LogP contribution in [0.25, 0.3) is 0 Å². The van der Waals surface area contributed by atoms with E-state index in [4.69, 9.17) is 4.74 Å². The third-order valence-electron chi connectivity index (χ3n) is 10.4. The highest BCUT2D eigenvalue weighted by molar-refractivity contribution is 7.89. The van der Waals surface area contributed by atoms with Crippen molar-refractivity contribution in [3.05, 3.63) is 65.7 Å². The normalized spacial score (nSPS) is 17.5. The van der Waals surface area contributed by atoms with Gasteiger partial charge in [0.2, 0.25) is 34.2 Å². The molecule has 1 unspecified atom stereocenters. The van der Waals surface area contributed by atoms with Crippen molar-refractivity contribution in [3.8, 4) is 0 Å². The molecule has 3 rings (SSSR count). The van der Waals surface area contributed by atoms with E-state index in [9.17, 15) is 41.2 Å². The van der Waals surface area contributed by atoms with Crippen molar-refractivity contribution < 1.29 is 45.9 Å². The quantitative estimate of drug-likeness (QED) is 0.161. The molecule has 5 atom stereocenters. The van der Waals surface area contributed by atoms with E-state index in [2.05, 4.69) is 21.3 Å². The molecular weight excluding hydrogens is 775 g/mol. The van der Waals surface area contributed by atoms with Gasteiger partial charge < -0.3 is 30.9 Å². The van der Waals surface area contributed by atoms with Crippen LogP contribution in [0.1, 0.15) is 77.2 Å². The van der Waals surface area contributed by atoms with Crippen LogP contribution < -0.4 is 21.3 Å². The fraction of sp³-hybridized carbons (Fsp3) is 0.585. The van der Waals surface area contributed by atoms with Crippen molar-refractivity contribution in [3.63, 3.8) is 0 Å². The lowest BCUT2D eigenvalue weighted by Gasteiger charge is -2.37. The Morgan fingerprint density at radius 1 is 0.931 bits per heavy atom. The number of hydrogen-bond acceptors (Lipinski definition) is 8. The number of nitrogens with one attached hydrogen (secondary N) is 4. The van der Waals surface area contributed by atoms with Gasteiger partial charge in [-0.2, -0.15) is 4.31 Å². The van der Waals surface area contributed by atoms with E-state index in [-0.39, 0.29) is 42.3 Å². The lowest BCUT2D eigenvalue weighted by Crippen LogP contribution is -2.62. The number of benzene rings is 2. The van der Waals surface area contributed by atoms with Crippen molar-refractivity contribution >= 4 is 39.7 Å². The predicted molar refractivity (Wildman–Crippen MR) is 215 cm³/mol. The highest BCUT2D eigenvalue weighted by Gasteiger charge is 2.48. The van der Waals surface area contributed by atoms with E-state index in [0.29, 0.717) is 18.4 Å². The Morgan fingerprint density at radius 2 is 1.55 bits per heavy atom. The Morgan fingerprint density at radius 3 is 2.09 bits per heavy atom. The Hall–Kier alpha value is -4.64. The standard InChI is InChI=1S/C41H60F2N6O8S/c1-25(2)30-20-22-49(34(30)37(51)45-31(23-33(42)43)36(50)44-21-19-27-15-17-28(18-16-27)39(53)57-9)38(52)35(41(5,6)7)47-40(54)46-32(26(3)4)24-48(8)58(55,56)29-13-11-10-12-14-29/h10-18,25-26,30-35H,19-24H2,1-9H3,(H,44,50)(H,45,51)(H2,46,47,54)/t30?,31-,32+,34-,35+/m0/s1. The number of halogens is 2. The molecule has 5 amide bonds. The van der Waals surface area contributed by atoms with E-state index < -0.39 is 82.2 Å². The van der Waals surface area contributed by atoms with E-state index in [1.165, 1.54) is 31.2 Å². The average molecular weight is 835 g/mol. The summed E-state index contributed by atoms with van der Waals surface area (Å²) in [7, 11) is -1.17. The Balaban J connectivity index is 1.76. The summed E-state index contributed by atoms with van der Waals surface area (Å²) in [5.74, 6) is -3.34. The van der Waals surface area contributed by atoms with E-state index in [1.54, 1.807) is 63.2 Å². The molecule has 0 saturated carbocycles. The van der Waals surface area contributed by atoms with Gasteiger partial charge in [-0.1, -0.05) is 78.8 Å². The monoisotopic (exact) mass is 834 g/mol. The minimum absolute atomic E-state index is 0.0572. The first kappa shape index (κ1) is 47.7. The molecule has 0 spiro atoms. The van der Waals surface area contributed by atoms with Crippen LogP contribution in [-0.4, -0.2) is 112 Å². The Kier molecular flexibility index (Phi) is 17.2. The van der Waals surface area contributed by atoms with Crippen molar-refractivity contribution in [2.45, 2.75) is 103 Å². The number of esters is 1. The number of alkyl halides is 2. The highest BCUT2D eigenvalue weighted by Crippen LogP contribution is 2.33. The largest absolute Gasteiger partial charge is 0.465 e. The number of carbonyl (C=O) groups excluding carboxylic acids is 5. The van der Waals surface area contributed by atoms with Gasteiger partial charge in [-0.05, 0) is 65.8 Å². The van der Waals surface area contributed by atoms with Crippen LogP contribution in [0.15, 0.2) is 59.5 Å². The number of likely N-dealkylation sites (N-methyl/N-ethyl adjacent to an activating group) is 1. The average Bonchev–Trinajstić information content (AvgIpc) is 3.62. The lowest BCUT2D eigenvalue weighted by atomic mass is 9.84. The zero-order valence-corrected chi connectivity index (χ0v) is 35.7. The van der Waals surface area contributed by atoms with Gasteiger partial charge in [-0.15, -0.1) is 0 Å². The lowest BCUT2D eigenvalue weighted by molar-refractivity contribution is -0.144. The molecule has 1 saturated heterocycles. The topological polar surface area (TPSA) is 183 Å². The Labute approximate surface area is 341 Å². The number of amides is 5. The summed E-state index contributed by atoms with van der Waals surface area (Å²) in [6.45, 7) is 12.8. The first-order chi connectivity index (χ1) is 27.1. The number of nitrogens with zero attached hydrogens (tertiary/aromatic N) is 2. The summed E-state index contributed by atoms with van der Waals surface area (Å²) in [5, 5.41) is 10.7. The van der Waals surface area contributed by atoms with Gasteiger partial charge in [-0.3, -0.25) is 14.4 Å². The number of likely N-dealkylation sites (tertiary alicyclic amines) is 1. The van der Waals surface area contributed by atoms with Crippen molar-refractivity contribution in [2.75, 3.05) is 33.8 Å². The third kappa shape index (κ3) is 12.9. The van der Waals surface area contributed by atoms with Gasteiger partial charge in [-0.25, -0.2) is 26.8 Å². The molecule has 2 aromatic rings. The number of methoxy groups -OCH3 is 1. The van der Waals surface area contributed by atoms with Crippen molar-refractivity contribution in [2.24, 2.45) is 23.2 Å². The zero-order chi connectivity index (χ0) is 43.5. The molecule has 1 aliphatic rings. The van der Waals surface area contributed by atoms with Crippen LogP contribution in [0.3, 0.4) is 0 Å².